The molecule has 2 amide bonds. The van der Waals surface area contributed by atoms with Crippen LogP contribution in [-0.2, 0) is 14.3 Å². The fourth-order valence-electron chi connectivity index (χ4n) is 0.745. The zero-order valence-corrected chi connectivity index (χ0v) is 9.49. The summed E-state index contributed by atoms with van der Waals surface area (Å²) < 4.78 is 4.82. The molecule has 16 heavy (non-hydrogen) atoms. The number of carbonyl (C=O) groups excluding carboxylic acids is 2. The molecule has 0 atom stereocenters. The monoisotopic (exact) mass is 232 g/mol. The lowest BCUT2D eigenvalue weighted by atomic mass is 10.2. The molecule has 0 unspecified atom stereocenters. The summed E-state index contributed by atoms with van der Waals surface area (Å²) >= 11 is 0. The van der Waals surface area contributed by atoms with Crippen LogP contribution in [0.3, 0.4) is 0 Å². The van der Waals surface area contributed by atoms with E-state index >= 15 is 0 Å². The highest BCUT2D eigenvalue weighted by atomic mass is 16.6. The maximum absolute atomic E-state index is 11.1. The number of carboxylic acid groups (broad SMARTS) is 1. The molecule has 0 spiro atoms. The highest BCUT2D eigenvalue weighted by Crippen LogP contribution is 2.05. The van der Waals surface area contributed by atoms with Gasteiger partial charge in [-0.3, -0.25) is 20.2 Å². The van der Waals surface area contributed by atoms with Gasteiger partial charge in [0.15, 0.2) is 0 Å². The Balaban J connectivity index is 3.79. The summed E-state index contributed by atoms with van der Waals surface area (Å²) in [4.78, 5) is 32.2. The lowest BCUT2D eigenvalue weighted by Gasteiger charge is -2.19. The first kappa shape index (κ1) is 14.4. The van der Waals surface area contributed by atoms with Gasteiger partial charge < -0.3 is 9.84 Å². The Morgan fingerprint density at radius 2 is 1.75 bits per heavy atom. The molecule has 0 fully saturated rings. The van der Waals surface area contributed by atoms with Crippen molar-refractivity contribution in [1.82, 2.24) is 10.6 Å². The van der Waals surface area contributed by atoms with E-state index in [-0.39, 0.29) is 13.1 Å². The van der Waals surface area contributed by atoms with Crippen molar-refractivity contribution in [2.45, 2.75) is 26.4 Å². The molecule has 0 aliphatic rings. The van der Waals surface area contributed by atoms with Crippen molar-refractivity contribution in [3.05, 3.63) is 0 Å². The number of hydrogen-bond donors (Lipinski definition) is 3. The van der Waals surface area contributed by atoms with E-state index in [2.05, 4.69) is 5.32 Å². The maximum atomic E-state index is 11.1. The van der Waals surface area contributed by atoms with Crippen molar-refractivity contribution >= 4 is 18.0 Å². The van der Waals surface area contributed by atoms with Gasteiger partial charge >= 0.3 is 12.1 Å². The molecule has 0 saturated carbocycles. The molecule has 0 rings (SSSR count). The average molecular weight is 232 g/mol. The SMILES string of the molecule is CC(C)(C)OC(=O)NC(=O)CNCC(=O)O. The topological polar surface area (TPSA) is 105 Å². The first-order valence-corrected chi connectivity index (χ1v) is 4.66. The van der Waals surface area contributed by atoms with Crippen molar-refractivity contribution < 1.29 is 24.2 Å². The van der Waals surface area contributed by atoms with Crippen molar-refractivity contribution in [1.29, 1.82) is 0 Å². The number of carbonyl (C=O) groups is 3. The molecule has 0 radical (unpaired) electrons. The van der Waals surface area contributed by atoms with E-state index in [0.29, 0.717) is 0 Å². The standard InChI is InChI=1S/C9H16N2O5/c1-9(2,3)16-8(15)11-6(12)4-10-5-7(13)14/h10H,4-5H2,1-3H3,(H,13,14)(H,11,12,15). The fourth-order valence-corrected chi connectivity index (χ4v) is 0.745. The average Bonchev–Trinajstić information content (AvgIpc) is 1.98. The molecule has 0 saturated heterocycles. The number of nitrogens with one attached hydrogen (secondary N) is 2. The number of rotatable bonds is 4. The summed E-state index contributed by atoms with van der Waals surface area (Å²) in [5.41, 5.74) is -0.682. The molecule has 0 heterocycles. The normalized spacial score (nSPS) is 10.7. The number of alkyl carbamates (subject to hydrolysis) is 1. The van der Waals surface area contributed by atoms with Crippen LogP contribution in [0.5, 0.6) is 0 Å². The molecule has 3 N–H and O–H groups in total. The van der Waals surface area contributed by atoms with Gasteiger partial charge in [0, 0.05) is 0 Å². The predicted molar refractivity (Wildman–Crippen MR) is 54.9 cm³/mol. The van der Waals surface area contributed by atoms with E-state index in [1.165, 1.54) is 0 Å². The summed E-state index contributed by atoms with van der Waals surface area (Å²) in [6.07, 6.45) is -0.852. The van der Waals surface area contributed by atoms with Gasteiger partial charge in [0.1, 0.15) is 5.60 Å². The number of ether oxygens (including phenoxy) is 1. The predicted octanol–water partition coefficient (Wildman–Crippen LogP) is -0.288. The second-order valence-corrected chi connectivity index (χ2v) is 4.05. The Morgan fingerprint density at radius 1 is 1.19 bits per heavy atom. The molecule has 7 heteroatoms. The summed E-state index contributed by atoms with van der Waals surface area (Å²) in [5.74, 6) is -1.72. The number of hydrogen-bond acceptors (Lipinski definition) is 5. The van der Waals surface area contributed by atoms with Crippen LogP contribution in [-0.4, -0.2) is 41.8 Å². The van der Waals surface area contributed by atoms with Gasteiger partial charge in [-0.15, -0.1) is 0 Å². The van der Waals surface area contributed by atoms with E-state index in [1.54, 1.807) is 20.8 Å². The van der Waals surface area contributed by atoms with Crippen LogP contribution < -0.4 is 10.6 Å². The molecular weight excluding hydrogens is 216 g/mol. The van der Waals surface area contributed by atoms with E-state index in [4.69, 9.17) is 9.84 Å². The number of carboxylic acids is 1. The molecule has 0 aliphatic heterocycles. The molecule has 0 aromatic rings. The smallest absolute Gasteiger partial charge is 0.414 e. The maximum Gasteiger partial charge on any atom is 0.414 e. The first-order chi connectivity index (χ1) is 7.20. The lowest BCUT2D eigenvalue weighted by molar-refractivity contribution is -0.135. The van der Waals surface area contributed by atoms with Crippen molar-refractivity contribution in [3.8, 4) is 0 Å². The Morgan fingerprint density at radius 3 is 2.19 bits per heavy atom. The minimum absolute atomic E-state index is 0.258. The van der Waals surface area contributed by atoms with E-state index in [9.17, 15) is 14.4 Å². The quantitative estimate of drug-likeness (QED) is 0.615. The number of aliphatic carboxylic acids is 1. The first-order valence-electron chi connectivity index (χ1n) is 4.66. The summed E-state index contributed by atoms with van der Waals surface area (Å²) in [6.45, 7) is 4.40. The zero-order valence-electron chi connectivity index (χ0n) is 9.49. The summed E-state index contributed by atoms with van der Waals surface area (Å²) in [5, 5.41) is 12.6. The van der Waals surface area contributed by atoms with Crippen LogP contribution in [0.25, 0.3) is 0 Å². The summed E-state index contributed by atoms with van der Waals surface area (Å²) in [7, 11) is 0. The molecule has 0 aliphatic carbocycles. The van der Waals surface area contributed by atoms with Crippen LogP contribution in [0.4, 0.5) is 4.79 Å². The molecule has 0 bridgehead atoms. The fraction of sp³-hybridized carbons (Fsp3) is 0.667. The Bertz CT molecular complexity index is 282. The zero-order chi connectivity index (χ0) is 12.8. The van der Waals surface area contributed by atoms with Crippen LogP contribution in [0, 0.1) is 0 Å². The van der Waals surface area contributed by atoms with Gasteiger partial charge in [-0.05, 0) is 20.8 Å². The third-order valence-corrected chi connectivity index (χ3v) is 1.20. The van der Waals surface area contributed by atoms with Crippen LogP contribution in [0.15, 0.2) is 0 Å². The largest absolute Gasteiger partial charge is 0.480 e. The lowest BCUT2D eigenvalue weighted by Crippen LogP contribution is -2.41. The number of imide groups is 1. The molecule has 0 aromatic carbocycles. The number of amides is 2. The minimum Gasteiger partial charge on any atom is -0.480 e. The Kier molecular flexibility index (Phi) is 5.44. The third kappa shape index (κ3) is 8.95. The second kappa shape index (κ2) is 6.06. The Labute approximate surface area is 93.2 Å². The molecule has 92 valence electrons. The highest BCUT2D eigenvalue weighted by Gasteiger charge is 2.17. The van der Waals surface area contributed by atoms with E-state index < -0.39 is 23.6 Å². The van der Waals surface area contributed by atoms with E-state index in [0.717, 1.165) is 0 Å². The third-order valence-electron chi connectivity index (χ3n) is 1.20. The Hall–Kier alpha value is -1.63. The van der Waals surface area contributed by atoms with Crippen LogP contribution in [0.1, 0.15) is 20.8 Å². The molecule has 7 nitrogen and oxygen atoms in total. The van der Waals surface area contributed by atoms with Gasteiger partial charge in [-0.2, -0.15) is 0 Å². The van der Waals surface area contributed by atoms with Gasteiger partial charge in [-0.1, -0.05) is 0 Å². The second-order valence-electron chi connectivity index (χ2n) is 4.05. The van der Waals surface area contributed by atoms with Crippen molar-refractivity contribution in [2.24, 2.45) is 0 Å². The minimum atomic E-state index is -1.08. The van der Waals surface area contributed by atoms with E-state index in [1.807, 2.05) is 5.32 Å². The van der Waals surface area contributed by atoms with Gasteiger partial charge in [-0.25, -0.2) is 4.79 Å². The van der Waals surface area contributed by atoms with Crippen molar-refractivity contribution in [2.75, 3.05) is 13.1 Å². The van der Waals surface area contributed by atoms with Crippen molar-refractivity contribution in [3.63, 3.8) is 0 Å². The molecule has 0 aromatic heterocycles. The van der Waals surface area contributed by atoms with Gasteiger partial charge in [0.05, 0.1) is 13.1 Å². The van der Waals surface area contributed by atoms with Gasteiger partial charge in [0.2, 0.25) is 5.91 Å². The van der Waals surface area contributed by atoms with Crippen LogP contribution in [0.2, 0.25) is 0 Å². The van der Waals surface area contributed by atoms with Gasteiger partial charge in [0.25, 0.3) is 0 Å². The molecular formula is C9H16N2O5. The highest BCUT2D eigenvalue weighted by molar-refractivity contribution is 5.93. The summed E-state index contributed by atoms with van der Waals surface area (Å²) in [6, 6.07) is 0. The van der Waals surface area contributed by atoms with Crippen LogP contribution >= 0.6 is 0 Å².